The first-order chi connectivity index (χ1) is 13.8. The number of para-hydroxylation sites is 1. The van der Waals surface area contributed by atoms with E-state index in [9.17, 15) is 4.79 Å². The van der Waals surface area contributed by atoms with Gasteiger partial charge in [-0.05, 0) is 55.3 Å². The summed E-state index contributed by atoms with van der Waals surface area (Å²) in [6.45, 7) is 0. The van der Waals surface area contributed by atoms with Crippen LogP contribution >= 0.6 is 0 Å². The largest absolute Gasteiger partial charge is 0.457 e. The highest BCUT2D eigenvalue weighted by molar-refractivity contribution is 5.95. The van der Waals surface area contributed by atoms with Crippen molar-refractivity contribution in [3.63, 3.8) is 0 Å². The van der Waals surface area contributed by atoms with Crippen LogP contribution in [0.3, 0.4) is 0 Å². The summed E-state index contributed by atoms with van der Waals surface area (Å²) >= 11 is 0. The van der Waals surface area contributed by atoms with Crippen molar-refractivity contribution in [1.82, 2.24) is 10.3 Å². The minimum Gasteiger partial charge on any atom is -0.457 e. The van der Waals surface area contributed by atoms with Gasteiger partial charge in [0, 0.05) is 17.9 Å². The van der Waals surface area contributed by atoms with Crippen LogP contribution in [0.2, 0.25) is 0 Å². The highest BCUT2D eigenvalue weighted by Crippen LogP contribution is 2.24. The molecule has 0 atom stereocenters. The Morgan fingerprint density at radius 2 is 1.61 bits per heavy atom. The van der Waals surface area contributed by atoms with E-state index in [2.05, 4.69) is 15.6 Å². The molecule has 2 aromatic carbocycles. The molecule has 0 spiro atoms. The van der Waals surface area contributed by atoms with E-state index in [0.29, 0.717) is 11.6 Å². The van der Waals surface area contributed by atoms with Crippen LogP contribution in [0.1, 0.15) is 36.0 Å². The van der Waals surface area contributed by atoms with E-state index < -0.39 is 0 Å². The number of nitrogens with one attached hydrogen (secondary N) is 2. The van der Waals surface area contributed by atoms with Crippen LogP contribution < -0.4 is 15.4 Å². The van der Waals surface area contributed by atoms with Crippen molar-refractivity contribution < 1.29 is 9.53 Å². The maximum Gasteiger partial charge on any atom is 0.253 e. The molecular weight excluding hydrogens is 350 g/mol. The number of hydrogen-bond donors (Lipinski definition) is 2. The summed E-state index contributed by atoms with van der Waals surface area (Å²) < 4.78 is 5.80. The smallest absolute Gasteiger partial charge is 0.253 e. The molecule has 142 valence electrons. The van der Waals surface area contributed by atoms with E-state index in [-0.39, 0.29) is 5.91 Å². The lowest BCUT2D eigenvalue weighted by molar-refractivity contribution is 0.0937. The Kier molecular flexibility index (Phi) is 5.52. The van der Waals surface area contributed by atoms with Gasteiger partial charge in [0.1, 0.15) is 11.5 Å². The predicted octanol–water partition coefficient (Wildman–Crippen LogP) is 5.29. The van der Waals surface area contributed by atoms with Gasteiger partial charge in [-0.25, -0.2) is 0 Å². The molecule has 1 aliphatic rings. The molecule has 1 aromatic heterocycles. The Bertz CT molecular complexity index is 920. The average Bonchev–Trinajstić information content (AvgIpc) is 3.23. The number of ether oxygens (including phenoxy) is 1. The molecule has 5 nitrogen and oxygen atoms in total. The van der Waals surface area contributed by atoms with Crippen LogP contribution in [0.4, 0.5) is 11.4 Å². The van der Waals surface area contributed by atoms with Gasteiger partial charge in [0.05, 0.1) is 17.4 Å². The van der Waals surface area contributed by atoms with Gasteiger partial charge in [-0.15, -0.1) is 0 Å². The zero-order valence-corrected chi connectivity index (χ0v) is 15.6. The Balaban J connectivity index is 1.39. The lowest BCUT2D eigenvalue weighted by Gasteiger charge is -2.13. The second-order valence-corrected chi connectivity index (χ2v) is 6.98. The summed E-state index contributed by atoms with van der Waals surface area (Å²) in [6, 6.07) is 19.5. The van der Waals surface area contributed by atoms with Crippen molar-refractivity contribution in [3.05, 3.63) is 78.6 Å². The number of anilines is 2. The van der Waals surface area contributed by atoms with Gasteiger partial charge in [-0.3, -0.25) is 9.78 Å². The van der Waals surface area contributed by atoms with E-state index in [1.54, 1.807) is 12.4 Å². The van der Waals surface area contributed by atoms with E-state index in [4.69, 9.17) is 4.74 Å². The van der Waals surface area contributed by atoms with Gasteiger partial charge in [-0.1, -0.05) is 31.0 Å². The Labute approximate surface area is 164 Å². The standard InChI is InChI=1S/C23H23N3O2/c27-23(26-18-6-4-5-7-18)17-14-20(16-24-15-17)25-19-10-12-22(13-11-19)28-21-8-2-1-3-9-21/h1-3,8-16,18,25H,4-7H2,(H,26,27). The molecule has 0 saturated heterocycles. The molecule has 0 unspecified atom stereocenters. The third-order valence-corrected chi connectivity index (χ3v) is 4.81. The molecule has 1 fully saturated rings. The van der Waals surface area contributed by atoms with E-state index >= 15 is 0 Å². The van der Waals surface area contributed by atoms with Gasteiger partial charge in [-0.2, -0.15) is 0 Å². The van der Waals surface area contributed by atoms with Crippen LogP contribution in [0.15, 0.2) is 73.1 Å². The van der Waals surface area contributed by atoms with E-state index in [1.807, 2.05) is 60.7 Å². The Morgan fingerprint density at radius 1 is 0.893 bits per heavy atom. The number of carbonyl (C=O) groups excluding carboxylic acids is 1. The predicted molar refractivity (Wildman–Crippen MR) is 110 cm³/mol. The number of nitrogens with zero attached hydrogens (tertiary/aromatic N) is 1. The van der Waals surface area contributed by atoms with Crippen molar-refractivity contribution in [2.75, 3.05) is 5.32 Å². The molecule has 1 aliphatic carbocycles. The van der Waals surface area contributed by atoms with Crippen LogP contribution in [0, 0.1) is 0 Å². The summed E-state index contributed by atoms with van der Waals surface area (Å²) in [5.74, 6) is 1.50. The Hall–Kier alpha value is -3.34. The number of hydrogen-bond acceptors (Lipinski definition) is 4. The third kappa shape index (κ3) is 4.68. The number of amides is 1. The molecule has 2 N–H and O–H groups in total. The molecule has 1 heterocycles. The van der Waals surface area contributed by atoms with Crippen molar-refractivity contribution in [3.8, 4) is 11.5 Å². The minimum atomic E-state index is -0.0605. The van der Waals surface area contributed by atoms with Gasteiger partial charge in [0.25, 0.3) is 5.91 Å². The lowest BCUT2D eigenvalue weighted by atomic mass is 10.2. The normalized spacial score (nSPS) is 13.9. The number of pyridine rings is 1. The van der Waals surface area contributed by atoms with Crippen molar-refractivity contribution >= 4 is 17.3 Å². The highest BCUT2D eigenvalue weighted by atomic mass is 16.5. The van der Waals surface area contributed by atoms with Crippen LogP contribution in [0.25, 0.3) is 0 Å². The zero-order valence-electron chi connectivity index (χ0n) is 15.6. The van der Waals surface area contributed by atoms with Gasteiger partial charge in [0.15, 0.2) is 0 Å². The fraction of sp³-hybridized carbons (Fsp3) is 0.217. The quantitative estimate of drug-likeness (QED) is 0.616. The summed E-state index contributed by atoms with van der Waals surface area (Å²) in [5.41, 5.74) is 2.24. The molecule has 28 heavy (non-hydrogen) atoms. The first-order valence-corrected chi connectivity index (χ1v) is 9.62. The molecule has 5 heteroatoms. The molecular formula is C23H23N3O2. The van der Waals surface area contributed by atoms with Crippen LogP contribution in [-0.4, -0.2) is 16.9 Å². The molecule has 0 radical (unpaired) electrons. The van der Waals surface area contributed by atoms with Crippen LogP contribution in [-0.2, 0) is 0 Å². The lowest BCUT2D eigenvalue weighted by Crippen LogP contribution is -2.32. The van der Waals surface area contributed by atoms with Gasteiger partial charge < -0.3 is 15.4 Å². The monoisotopic (exact) mass is 373 g/mol. The molecule has 0 aliphatic heterocycles. The number of carbonyl (C=O) groups is 1. The van der Waals surface area contributed by atoms with Crippen molar-refractivity contribution in [1.29, 1.82) is 0 Å². The maximum absolute atomic E-state index is 12.4. The van der Waals surface area contributed by atoms with E-state index in [1.165, 1.54) is 12.8 Å². The second kappa shape index (κ2) is 8.57. The molecule has 1 amide bonds. The molecule has 0 bridgehead atoms. The van der Waals surface area contributed by atoms with Crippen molar-refractivity contribution in [2.24, 2.45) is 0 Å². The average molecular weight is 373 g/mol. The molecule has 1 saturated carbocycles. The zero-order chi connectivity index (χ0) is 19.2. The fourth-order valence-corrected chi connectivity index (χ4v) is 3.37. The second-order valence-electron chi connectivity index (χ2n) is 6.98. The number of benzene rings is 2. The van der Waals surface area contributed by atoms with E-state index in [0.717, 1.165) is 35.7 Å². The van der Waals surface area contributed by atoms with Gasteiger partial charge in [0.2, 0.25) is 0 Å². The summed E-state index contributed by atoms with van der Waals surface area (Å²) in [4.78, 5) is 16.6. The third-order valence-electron chi connectivity index (χ3n) is 4.81. The first kappa shape index (κ1) is 18.0. The summed E-state index contributed by atoms with van der Waals surface area (Å²) in [5, 5.41) is 6.38. The van der Waals surface area contributed by atoms with Crippen LogP contribution in [0.5, 0.6) is 11.5 Å². The summed E-state index contributed by atoms with van der Waals surface area (Å²) in [6.07, 6.45) is 7.82. The van der Waals surface area contributed by atoms with Crippen molar-refractivity contribution in [2.45, 2.75) is 31.7 Å². The number of rotatable bonds is 6. The maximum atomic E-state index is 12.4. The Morgan fingerprint density at radius 3 is 2.36 bits per heavy atom. The fourth-order valence-electron chi connectivity index (χ4n) is 3.37. The topological polar surface area (TPSA) is 63.2 Å². The highest BCUT2D eigenvalue weighted by Gasteiger charge is 2.18. The molecule has 3 aromatic rings. The van der Waals surface area contributed by atoms with Gasteiger partial charge >= 0.3 is 0 Å². The number of aromatic nitrogens is 1. The summed E-state index contributed by atoms with van der Waals surface area (Å²) in [7, 11) is 0. The minimum absolute atomic E-state index is 0.0605. The first-order valence-electron chi connectivity index (χ1n) is 9.62. The SMILES string of the molecule is O=C(NC1CCCC1)c1cncc(Nc2ccc(Oc3ccccc3)cc2)c1. The molecule has 4 rings (SSSR count).